The fraction of sp³-hybridized carbons (Fsp3) is 0.500. The molecule has 0 bridgehead atoms. The molecule has 0 spiro atoms. The van der Waals surface area contributed by atoms with Gasteiger partial charge in [-0.25, -0.2) is 0 Å². The third-order valence-electron chi connectivity index (χ3n) is 1.69. The van der Waals surface area contributed by atoms with E-state index in [0.717, 1.165) is 22.5 Å². The Kier molecular flexibility index (Phi) is 1.41. The Morgan fingerprint density at radius 3 is 2.80 bits per heavy atom. The Morgan fingerprint density at radius 2 is 2.40 bits per heavy atom. The number of nitrogens with one attached hydrogen (secondary N) is 1. The number of alkyl halides is 1. The molecule has 1 aromatic rings. The number of hydrogen-bond acceptors (Lipinski definition) is 2. The van der Waals surface area contributed by atoms with Crippen LogP contribution in [0, 0.1) is 3.95 Å². The summed E-state index contributed by atoms with van der Waals surface area (Å²) >= 11 is 12.6. The molecular weight excluding hydrogens is 186 g/mol. The number of rotatable bonds is 1. The smallest absolute Gasteiger partial charge is 0.158 e. The van der Waals surface area contributed by atoms with E-state index in [1.54, 1.807) is 11.3 Å². The largest absolute Gasteiger partial charge is 0.339 e. The summed E-state index contributed by atoms with van der Waals surface area (Å²) < 4.78 is 0.821. The second-order valence-electron chi connectivity index (χ2n) is 2.53. The van der Waals surface area contributed by atoms with Crippen LogP contribution in [-0.2, 0) is 4.87 Å². The summed E-state index contributed by atoms with van der Waals surface area (Å²) in [5.74, 6) is 0. The van der Waals surface area contributed by atoms with Gasteiger partial charge in [0.25, 0.3) is 0 Å². The van der Waals surface area contributed by atoms with Gasteiger partial charge in [-0.1, -0.05) is 0 Å². The lowest BCUT2D eigenvalue weighted by molar-refractivity contribution is 0.954. The summed E-state index contributed by atoms with van der Waals surface area (Å²) in [6, 6.07) is 0. The van der Waals surface area contributed by atoms with Crippen molar-refractivity contribution in [1.82, 2.24) is 4.98 Å². The number of hydrogen-bond donors (Lipinski definition) is 1. The molecule has 0 atom stereocenters. The highest BCUT2D eigenvalue weighted by molar-refractivity contribution is 7.73. The van der Waals surface area contributed by atoms with E-state index < -0.39 is 0 Å². The van der Waals surface area contributed by atoms with Gasteiger partial charge in [-0.3, -0.25) is 0 Å². The van der Waals surface area contributed by atoms with E-state index in [0.29, 0.717) is 0 Å². The lowest BCUT2D eigenvalue weighted by Gasteiger charge is -1.98. The van der Waals surface area contributed by atoms with E-state index in [1.165, 1.54) is 0 Å². The average molecular weight is 192 g/mol. The number of aromatic nitrogens is 1. The Bertz CT molecular complexity index is 297. The monoisotopic (exact) mass is 191 g/mol. The number of halogens is 1. The maximum Gasteiger partial charge on any atom is 0.158 e. The molecule has 0 saturated heterocycles. The van der Waals surface area contributed by atoms with Gasteiger partial charge in [0.05, 0.1) is 4.87 Å². The van der Waals surface area contributed by atoms with Crippen molar-refractivity contribution in [1.29, 1.82) is 0 Å². The Hall–Kier alpha value is 0.140. The van der Waals surface area contributed by atoms with Crippen LogP contribution in [0.2, 0.25) is 0 Å². The summed E-state index contributed by atoms with van der Waals surface area (Å²) in [6.07, 6.45) is 2.16. The summed E-state index contributed by atoms with van der Waals surface area (Å²) in [7, 11) is 0. The fourth-order valence-electron chi connectivity index (χ4n) is 0.878. The topological polar surface area (TPSA) is 15.8 Å². The second kappa shape index (κ2) is 2.06. The van der Waals surface area contributed by atoms with Gasteiger partial charge in [-0.2, -0.15) is 0 Å². The molecule has 1 aliphatic rings. The third kappa shape index (κ3) is 1.02. The molecule has 0 unspecified atom stereocenters. The zero-order chi connectivity index (χ0) is 7.19. The molecule has 2 rings (SSSR count). The van der Waals surface area contributed by atoms with Crippen molar-refractivity contribution >= 4 is 35.2 Å². The van der Waals surface area contributed by atoms with Crippen LogP contribution in [-0.4, -0.2) is 4.98 Å². The van der Waals surface area contributed by atoms with Gasteiger partial charge in [-0.15, -0.1) is 22.9 Å². The molecule has 0 aliphatic heterocycles. The number of aromatic amines is 1. The fourth-order valence-corrected chi connectivity index (χ4v) is 2.07. The van der Waals surface area contributed by atoms with Gasteiger partial charge in [0.2, 0.25) is 0 Å². The van der Waals surface area contributed by atoms with Crippen LogP contribution in [0.25, 0.3) is 0 Å². The maximum absolute atomic E-state index is 6.11. The lowest BCUT2D eigenvalue weighted by atomic mass is 10.3. The molecule has 1 heterocycles. The van der Waals surface area contributed by atoms with E-state index in [9.17, 15) is 0 Å². The van der Waals surface area contributed by atoms with Crippen molar-refractivity contribution in [2.45, 2.75) is 17.7 Å². The Balaban J connectivity index is 2.43. The highest BCUT2D eigenvalue weighted by Crippen LogP contribution is 2.51. The molecule has 1 saturated carbocycles. The highest BCUT2D eigenvalue weighted by Gasteiger charge is 2.43. The second-order valence-corrected chi connectivity index (χ2v) is 4.80. The predicted octanol–water partition coefficient (Wildman–Crippen LogP) is 3.03. The van der Waals surface area contributed by atoms with Crippen LogP contribution >= 0.6 is 35.2 Å². The summed E-state index contributed by atoms with van der Waals surface area (Å²) in [5.41, 5.74) is 1.10. The minimum Gasteiger partial charge on any atom is -0.339 e. The summed E-state index contributed by atoms with van der Waals surface area (Å²) in [5, 5.41) is 2.02. The SMILES string of the molecule is S=c1[nH]c(C2(Cl)CC2)cs1. The number of thiazole rings is 1. The van der Waals surface area contributed by atoms with Crippen molar-refractivity contribution in [3.05, 3.63) is 15.0 Å². The van der Waals surface area contributed by atoms with Crippen LogP contribution < -0.4 is 0 Å². The van der Waals surface area contributed by atoms with E-state index in [1.807, 2.05) is 5.38 Å². The van der Waals surface area contributed by atoms with Crippen molar-refractivity contribution in [2.75, 3.05) is 0 Å². The summed E-state index contributed by atoms with van der Waals surface area (Å²) in [6.45, 7) is 0. The van der Waals surface area contributed by atoms with Crippen LogP contribution in [0.5, 0.6) is 0 Å². The average Bonchev–Trinajstić information content (AvgIpc) is 2.45. The standard InChI is InChI=1S/C6H6ClNS2/c7-6(1-2-6)4-3-10-5(9)8-4/h3H,1-2H2,(H,8,9). The van der Waals surface area contributed by atoms with Crippen LogP contribution in [0.4, 0.5) is 0 Å². The summed E-state index contributed by atoms with van der Waals surface area (Å²) in [4.78, 5) is 3.00. The zero-order valence-corrected chi connectivity index (χ0v) is 7.57. The quantitative estimate of drug-likeness (QED) is 0.533. The molecule has 54 valence electrons. The van der Waals surface area contributed by atoms with Crippen molar-refractivity contribution in [3.8, 4) is 0 Å². The molecule has 1 aromatic heterocycles. The normalized spacial score (nSPS) is 20.9. The molecule has 1 nitrogen and oxygen atoms in total. The first-order valence-corrected chi connectivity index (χ1v) is 4.74. The van der Waals surface area contributed by atoms with E-state index >= 15 is 0 Å². The molecule has 0 amide bonds. The van der Waals surface area contributed by atoms with E-state index in [2.05, 4.69) is 4.98 Å². The molecular formula is C6H6ClNS2. The molecule has 1 aliphatic carbocycles. The van der Waals surface area contributed by atoms with Gasteiger partial charge in [-0.05, 0) is 25.1 Å². The molecule has 10 heavy (non-hydrogen) atoms. The first kappa shape index (κ1) is 6.83. The van der Waals surface area contributed by atoms with Crippen molar-refractivity contribution in [3.63, 3.8) is 0 Å². The number of H-pyrrole nitrogens is 1. The van der Waals surface area contributed by atoms with E-state index in [4.69, 9.17) is 23.8 Å². The molecule has 1 N–H and O–H groups in total. The third-order valence-corrected chi connectivity index (χ3v) is 3.33. The molecule has 0 radical (unpaired) electrons. The van der Waals surface area contributed by atoms with Gasteiger partial charge in [0, 0.05) is 11.1 Å². The minimum absolute atomic E-state index is 0.0758. The van der Waals surface area contributed by atoms with Gasteiger partial charge in [0.1, 0.15) is 0 Å². The maximum atomic E-state index is 6.11. The van der Waals surface area contributed by atoms with Crippen molar-refractivity contribution in [2.24, 2.45) is 0 Å². The van der Waals surface area contributed by atoms with Gasteiger partial charge >= 0.3 is 0 Å². The van der Waals surface area contributed by atoms with E-state index in [-0.39, 0.29) is 4.87 Å². The van der Waals surface area contributed by atoms with Gasteiger partial charge < -0.3 is 4.98 Å². The minimum atomic E-state index is -0.0758. The molecule has 4 heteroatoms. The first-order chi connectivity index (χ1) is 4.71. The van der Waals surface area contributed by atoms with Crippen LogP contribution in [0.3, 0.4) is 0 Å². The van der Waals surface area contributed by atoms with Crippen LogP contribution in [0.15, 0.2) is 5.38 Å². The molecule has 0 aromatic carbocycles. The predicted molar refractivity (Wildman–Crippen MR) is 46.3 cm³/mol. The van der Waals surface area contributed by atoms with Crippen LogP contribution in [0.1, 0.15) is 18.5 Å². The lowest BCUT2D eigenvalue weighted by Crippen LogP contribution is -1.94. The first-order valence-electron chi connectivity index (χ1n) is 3.08. The molecule has 1 fully saturated rings. The van der Waals surface area contributed by atoms with Gasteiger partial charge in [0.15, 0.2) is 3.95 Å². The van der Waals surface area contributed by atoms with Crippen molar-refractivity contribution < 1.29 is 0 Å². The highest BCUT2D eigenvalue weighted by atomic mass is 35.5. The Labute approximate surface area is 73.0 Å². The Morgan fingerprint density at radius 1 is 1.70 bits per heavy atom. The zero-order valence-electron chi connectivity index (χ0n) is 5.19.